The lowest BCUT2D eigenvalue weighted by Crippen LogP contribution is -2.27. The number of aryl methyl sites for hydroxylation is 2. The van der Waals surface area contributed by atoms with Crippen LogP contribution in [0, 0.1) is 18.6 Å². The molecule has 0 aliphatic heterocycles. The molecule has 2 aromatic heterocycles. The van der Waals surface area contributed by atoms with Crippen molar-refractivity contribution in [3.63, 3.8) is 0 Å². The molecule has 1 N–H and O–H groups in total. The number of nitrogens with zero attached hydrogens (tertiary/aromatic N) is 1. The maximum absolute atomic E-state index is 12.5. The van der Waals surface area contributed by atoms with Gasteiger partial charge in [-0.1, -0.05) is 0 Å². The molecule has 0 spiro atoms. The van der Waals surface area contributed by atoms with Gasteiger partial charge >= 0.3 is 0 Å². The molecular weight excluding hydrogens is 268 g/mol. The normalized spacial score (nSPS) is 13.1. The Hall–Kier alpha value is -0.980. The second-order valence-corrected chi connectivity index (χ2v) is 5.99. The molecule has 98 valence electrons. The number of H-pyrrole nitrogens is 1. The predicted octanol–water partition coefficient (Wildman–Crippen LogP) is 2.77. The average Bonchev–Trinajstić information content (AvgIpc) is 2.60. The SMILES string of the molecule is COC(C)Cn1c(=S)[nH]c2sc(C)c(C)c2c1=O. The van der Waals surface area contributed by atoms with Gasteiger partial charge in [0.15, 0.2) is 4.77 Å². The van der Waals surface area contributed by atoms with Gasteiger partial charge in [-0.05, 0) is 38.6 Å². The van der Waals surface area contributed by atoms with Crippen LogP contribution in [0.25, 0.3) is 10.2 Å². The Bertz CT molecular complexity index is 696. The van der Waals surface area contributed by atoms with Crippen molar-refractivity contribution in [2.24, 2.45) is 0 Å². The molecule has 2 heterocycles. The molecular formula is C12H16N2O2S2. The zero-order valence-electron chi connectivity index (χ0n) is 10.9. The Kier molecular flexibility index (Phi) is 3.70. The Morgan fingerprint density at radius 3 is 2.78 bits per heavy atom. The van der Waals surface area contributed by atoms with Crippen molar-refractivity contribution in [3.8, 4) is 0 Å². The molecule has 2 aromatic rings. The van der Waals surface area contributed by atoms with Crippen LogP contribution in [0.15, 0.2) is 4.79 Å². The molecule has 0 saturated heterocycles. The van der Waals surface area contributed by atoms with Gasteiger partial charge < -0.3 is 9.72 Å². The number of ether oxygens (including phenoxy) is 1. The third-order valence-electron chi connectivity index (χ3n) is 3.15. The van der Waals surface area contributed by atoms with Crippen molar-refractivity contribution in [1.29, 1.82) is 0 Å². The number of nitrogens with one attached hydrogen (secondary N) is 1. The van der Waals surface area contributed by atoms with E-state index >= 15 is 0 Å². The van der Waals surface area contributed by atoms with Gasteiger partial charge in [0.25, 0.3) is 5.56 Å². The smallest absolute Gasteiger partial charge is 0.263 e. The van der Waals surface area contributed by atoms with E-state index in [-0.39, 0.29) is 11.7 Å². The summed E-state index contributed by atoms with van der Waals surface area (Å²) in [5.74, 6) is 0. The zero-order valence-corrected chi connectivity index (χ0v) is 12.5. The highest BCUT2D eigenvalue weighted by Crippen LogP contribution is 2.25. The van der Waals surface area contributed by atoms with E-state index < -0.39 is 0 Å². The van der Waals surface area contributed by atoms with Gasteiger partial charge in [-0.2, -0.15) is 0 Å². The summed E-state index contributed by atoms with van der Waals surface area (Å²) in [5.41, 5.74) is 1.00. The average molecular weight is 284 g/mol. The van der Waals surface area contributed by atoms with Crippen molar-refractivity contribution < 1.29 is 4.74 Å². The summed E-state index contributed by atoms with van der Waals surface area (Å²) in [4.78, 5) is 17.6. The Labute approximate surface area is 114 Å². The molecule has 0 saturated carbocycles. The van der Waals surface area contributed by atoms with Crippen LogP contribution in [0.3, 0.4) is 0 Å². The fraction of sp³-hybridized carbons (Fsp3) is 0.500. The van der Waals surface area contributed by atoms with Crippen LogP contribution >= 0.6 is 23.6 Å². The first-order chi connectivity index (χ1) is 8.45. The third kappa shape index (κ3) is 2.15. The maximum Gasteiger partial charge on any atom is 0.263 e. The Morgan fingerprint density at radius 1 is 1.50 bits per heavy atom. The molecule has 0 aliphatic rings. The van der Waals surface area contributed by atoms with Gasteiger partial charge in [0.2, 0.25) is 0 Å². The number of hydrogen-bond donors (Lipinski definition) is 1. The first-order valence-electron chi connectivity index (χ1n) is 5.71. The van der Waals surface area contributed by atoms with E-state index in [1.165, 1.54) is 0 Å². The number of aromatic amines is 1. The highest BCUT2D eigenvalue weighted by Gasteiger charge is 2.13. The van der Waals surface area contributed by atoms with E-state index in [1.54, 1.807) is 23.0 Å². The molecule has 0 aromatic carbocycles. The highest BCUT2D eigenvalue weighted by atomic mass is 32.1. The van der Waals surface area contributed by atoms with Gasteiger partial charge in [-0.25, -0.2) is 0 Å². The van der Waals surface area contributed by atoms with Crippen LogP contribution in [0.1, 0.15) is 17.4 Å². The van der Waals surface area contributed by atoms with Crippen LogP contribution in [0.5, 0.6) is 0 Å². The fourth-order valence-electron chi connectivity index (χ4n) is 1.86. The molecule has 6 heteroatoms. The predicted molar refractivity (Wildman–Crippen MR) is 77.2 cm³/mol. The largest absolute Gasteiger partial charge is 0.380 e. The lowest BCUT2D eigenvalue weighted by Gasteiger charge is -2.12. The van der Waals surface area contributed by atoms with Gasteiger partial charge in [0, 0.05) is 12.0 Å². The summed E-state index contributed by atoms with van der Waals surface area (Å²) in [6.45, 7) is 6.36. The molecule has 1 atom stereocenters. The summed E-state index contributed by atoms with van der Waals surface area (Å²) in [7, 11) is 1.63. The molecule has 0 fully saturated rings. The minimum Gasteiger partial charge on any atom is -0.380 e. The van der Waals surface area contributed by atoms with Gasteiger partial charge in [0.05, 0.1) is 18.0 Å². The third-order valence-corrected chi connectivity index (χ3v) is 4.60. The number of thiophene rings is 1. The highest BCUT2D eigenvalue weighted by molar-refractivity contribution is 7.71. The summed E-state index contributed by atoms with van der Waals surface area (Å²) in [5, 5.41) is 0.745. The van der Waals surface area contributed by atoms with E-state index in [4.69, 9.17) is 17.0 Å². The van der Waals surface area contributed by atoms with E-state index in [1.807, 2.05) is 20.8 Å². The molecule has 0 bridgehead atoms. The zero-order chi connectivity index (χ0) is 13.4. The van der Waals surface area contributed by atoms with Crippen molar-refractivity contribution in [2.45, 2.75) is 33.4 Å². The summed E-state index contributed by atoms with van der Waals surface area (Å²) < 4.78 is 7.22. The molecule has 0 radical (unpaired) electrons. The number of hydrogen-bond acceptors (Lipinski definition) is 4. The first kappa shape index (κ1) is 13.5. The van der Waals surface area contributed by atoms with Crippen molar-refractivity contribution in [1.82, 2.24) is 9.55 Å². The number of methoxy groups -OCH3 is 1. The molecule has 0 amide bonds. The summed E-state index contributed by atoms with van der Waals surface area (Å²) >= 11 is 6.82. The number of aromatic nitrogens is 2. The monoisotopic (exact) mass is 284 g/mol. The minimum atomic E-state index is -0.0460. The van der Waals surface area contributed by atoms with E-state index in [2.05, 4.69) is 4.98 Å². The fourth-order valence-corrected chi connectivity index (χ4v) is 3.24. The van der Waals surface area contributed by atoms with Crippen molar-refractivity contribution >= 4 is 33.8 Å². The van der Waals surface area contributed by atoms with Gasteiger partial charge in [0.1, 0.15) is 4.83 Å². The van der Waals surface area contributed by atoms with Gasteiger partial charge in [-0.3, -0.25) is 9.36 Å². The van der Waals surface area contributed by atoms with Crippen molar-refractivity contribution in [2.75, 3.05) is 7.11 Å². The Balaban J connectivity index is 2.72. The van der Waals surface area contributed by atoms with E-state index in [0.29, 0.717) is 11.3 Å². The van der Waals surface area contributed by atoms with Crippen LogP contribution in [-0.2, 0) is 11.3 Å². The second-order valence-electron chi connectivity index (χ2n) is 4.38. The number of rotatable bonds is 3. The second kappa shape index (κ2) is 4.95. The van der Waals surface area contributed by atoms with Crippen LogP contribution in [0.2, 0.25) is 0 Å². The topological polar surface area (TPSA) is 47.0 Å². The molecule has 18 heavy (non-hydrogen) atoms. The lowest BCUT2D eigenvalue weighted by atomic mass is 10.2. The minimum absolute atomic E-state index is 0.0282. The van der Waals surface area contributed by atoms with Crippen molar-refractivity contribution in [3.05, 3.63) is 25.6 Å². The van der Waals surface area contributed by atoms with Crippen LogP contribution in [0.4, 0.5) is 0 Å². The standard InChI is InChI=1S/C12H16N2O2S2/c1-6(16-4)5-14-11(15)9-7(2)8(3)18-10(9)13-12(14)17/h6H,5H2,1-4H3,(H,13,17). The van der Waals surface area contributed by atoms with Crippen LogP contribution in [-0.4, -0.2) is 22.8 Å². The quantitative estimate of drug-likeness (QED) is 0.882. The number of fused-ring (bicyclic) bond motifs is 1. The van der Waals surface area contributed by atoms with E-state index in [9.17, 15) is 4.79 Å². The molecule has 2 rings (SSSR count). The van der Waals surface area contributed by atoms with E-state index in [0.717, 1.165) is 20.7 Å². The summed E-state index contributed by atoms with van der Waals surface area (Å²) in [6, 6.07) is 0. The van der Waals surface area contributed by atoms with Crippen LogP contribution < -0.4 is 5.56 Å². The molecule has 0 aliphatic carbocycles. The van der Waals surface area contributed by atoms with Gasteiger partial charge in [-0.15, -0.1) is 11.3 Å². The maximum atomic E-state index is 12.5. The first-order valence-corrected chi connectivity index (χ1v) is 6.93. The summed E-state index contributed by atoms with van der Waals surface area (Å²) in [6.07, 6.45) is -0.0460. The lowest BCUT2D eigenvalue weighted by molar-refractivity contribution is 0.102. The molecule has 4 nitrogen and oxygen atoms in total. The Morgan fingerprint density at radius 2 is 2.17 bits per heavy atom. The molecule has 1 unspecified atom stereocenters.